The van der Waals surface area contributed by atoms with Gasteiger partial charge >= 0.3 is 12.1 Å². The molecule has 152 valence electrons. The van der Waals surface area contributed by atoms with E-state index < -0.39 is 35.7 Å². The molecule has 0 aliphatic carbocycles. The SMILES string of the molecule is C=CCC(NC(=O)OC(C)(C)C)C(=O)N1C(CC=C)COCC1C(=O)OC. The summed E-state index contributed by atoms with van der Waals surface area (Å²) in [5.74, 6) is -1.00. The minimum Gasteiger partial charge on any atom is -0.467 e. The van der Waals surface area contributed by atoms with Crippen LogP contribution in [0.3, 0.4) is 0 Å². The highest BCUT2D eigenvalue weighted by atomic mass is 16.6. The minimum atomic E-state index is -0.921. The van der Waals surface area contributed by atoms with Crippen LogP contribution in [-0.2, 0) is 23.8 Å². The van der Waals surface area contributed by atoms with Crippen molar-refractivity contribution in [1.29, 1.82) is 0 Å². The van der Waals surface area contributed by atoms with Gasteiger partial charge in [-0.3, -0.25) is 4.79 Å². The van der Waals surface area contributed by atoms with Crippen molar-refractivity contribution in [2.75, 3.05) is 20.3 Å². The van der Waals surface area contributed by atoms with E-state index in [0.717, 1.165) is 0 Å². The molecule has 2 amide bonds. The Bertz CT molecular complexity index is 569. The van der Waals surface area contributed by atoms with Gasteiger partial charge in [-0.2, -0.15) is 0 Å². The molecule has 1 aliphatic rings. The Morgan fingerprint density at radius 1 is 1.26 bits per heavy atom. The summed E-state index contributed by atoms with van der Waals surface area (Å²) in [6, 6.07) is -2.20. The molecule has 3 unspecified atom stereocenters. The number of nitrogens with one attached hydrogen (secondary N) is 1. The average Bonchev–Trinajstić information content (AvgIpc) is 2.58. The number of hydrogen-bond acceptors (Lipinski definition) is 6. The molecule has 0 aromatic carbocycles. The van der Waals surface area contributed by atoms with Crippen LogP contribution in [0.15, 0.2) is 25.3 Å². The second-order valence-electron chi connectivity index (χ2n) is 7.22. The fraction of sp³-hybridized carbons (Fsp3) is 0.632. The van der Waals surface area contributed by atoms with Crippen LogP contribution in [0.4, 0.5) is 4.79 Å². The lowest BCUT2D eigenvalue weighted by atomic mass is 10.0. The summed E-state index contributed by atoms with van der Waals surface area (Å²) in [5.41, 5.74) is -0.704. The normalized spacial score (nSPS) is 21.0. The van der Waals surface area contributed by atoms with Crippen molar-refractivity contribution in [3.63, 3.8) is 0 Å². The van der Waals surface area contributed by atoms with Gasteiger partial charge in [-0.25, -0.2) is 9.59 Å². The highest BCUT2D eigenvalue weighted by molar-refractivity contribution is 5.90. The molecule has 0 aromatic heterocycles. The van der Waals surface area contributed by atoms with Gasteiger partial charge in [0.25, 0.3) is 0 Å². The van der Waals surface area contributed by atoms with Crippen molar-refractivity contribution in [1.82, 2.24) is 10.2 Å². The maximum atomic E-state index is 13.2. The molecule has 8 nitrogen and oxygen atoms in total. The number of amides is 2. The second kappa shape index (κ2) is 10.1. The standard InChI is InChI=1S/C19H30N2O6/c1-7-9-13-11-26-12-15(17(23)25-6)21(13)16(22)14(10-8-2)20-18(24)27-19(3,4)5/h7-8,13-15H,1-2,9-12H2,3-6H3,(H,20,24). The zero-order valence-corrected chi connectivity index (χ0v) is 16.5. The Morgan fingerprint density at radius 2 is 1.93 bits per heavy atom. The molecule has 0 saturated carbocycles. The van der Waals surface area contributed by atoms with E-state index in [9.17, 15) is 14.4 Å². The molecular formula is C19H30N2O6. The van der Waals surface area contributed by atoms with Crippen LogP contribution in [-0.4, -0.2) is 66.9 Å². The van der Waals surface area contributed by atoms with Crippen molar-refractivity contribution in [3.8, 4) is 0 Å². The van der Waals surface area contributed by atoms with Gasteiger partial charge in [-0.05, 0) is 33.6 Å². The Morgan fingerprint density at radius 3 is 2.44 bits per heavy atom. The van der Waals surface area contributed by atoms with Gasteiger partial charge in [0, 0.05) is 0 Å². The number of hydrogen-bond donors (Lipinski definition) is 1. The molecule has 8 heteroatoms. The maximum Gasteiger partial charge on any atom is 0.408 e. The number of morpholine rings is 1. The highest BCUT2D eigenvalue weighted by Crippen LogP contribution is 2.20. The van der Waals surface area contributed by atoms with Crippen LogP contribution in [0.5, 0.6) is 0 Å². The van der Waals surface area contributed by atoms with Crippen molar-refractivity contribution >= 4 is 18.0 Å². The van der Waals surface area contributed by atoms with Crippen molar-refractivity contribution < 1.29 is 28.6 Å². The van der Waals surface area contributed by atoms with E-state index in [0.29, 0.717) is 6.42 Å². The van der Waals surface area contributed by atoms with E-state index in [-0.39, 0.29) is 25.7 Å². The van der Waals surface area contributed by atoms with E-state index in [1.807, 2.05) is 0 Å². The van der Waals surface area contributed by atoms with Crippen LogP contribution in [0.2, 0.25) is 0 Å². The maximum absolute atomic E-state index is 13.2. The first kappa shape index (κ1) is 22.7. The van der Waals surface area contributed by atoms with Gasteiger partial charge in [-0.1, -0.05) is 12.2 Å². The lowest BCUT2D eigenvalue weighted by Crippen LogP contribution is -2.62. The number of carbonyl (C=O) groups is 3. The lowest BCUT2D eigenvalue weighted by molar-refractivity contribution is -0.166. The van der Waals surface area contributed by atoms with Crippen molar-refractivity contribution in [2.24, 2.45) is 0 Å². The molecule has 0 bridgehead atoms. The Labute approximate surface area is 160 Å². The van der Waals surface area contributed by atoms with Crippen LogP contribution in [0.25, 0.3) is 0 Å². The third-order valence-corrected chi connectivity index (χ3v) is 3.87. The highest BCUT2D eigenvalue weighted by Gasteiger charge is 2.42. The molecule has 1 saturated heterocycles. The van der Waals surface area contributed by atoms with E-state index >= 15 is 0 Å². The molecule has 1 rings (SSSR count). The summed E-state index contributed by atoms with van der Waals surface area (Å²) in [7, 11) is 1.25. The predicted octanol–water partition coefficient (Wildman–Crippen LogP) is 1.80. The number of alkyl carbamates (subject to hydrolysis) is 1. The fourth-order valence-corrected chi connectivity index (χ4v) is 2.77. The smallest absolute Gasteiger partial charge is 0.408 e. The molecule has 1 aliphatic heterocycles. The number of ether oxygens (including phenoxy) is 3. The molecule has 3 atom stereocenters. The summed E-state index contributed by atoms with van der Waals surface area (Å²) in [6.45, 7) is 12.8. The molecule has 1 heterocycles. The zero-order valence-electron chi connectivity index (χ0n) is 16.5. The van der Waals surface area contributed by atoms with Gasteiger partial charge in [0.2, 0.25) is 5.91 Å². The summed E-state index contributed by atoms with van der Waals surface area (Å²) in [5, 5.41) is 2.57. The quantitative estimate of drug-likeness (QED) is 0.533. The predicted molar refractivity (Wildman–Crippen MR) is 100 cm³/mol. The fourth-order valence-electron chi connectivity index (χ4n) is 2.77. The average molecular weight is 382 g/mol. The van der Waals surface area contributed by atoms with E-state index in [2.05, 4.69) is 18.5 Å². The Hall–Kier alpha value is -2.35. The van der Waals surface area contributed by atoms with Crippen LogP contribution >= 0.6 is 0 Å². The molecule has 0 radical (unpaired) electrons. The van der Waals surface area contributed by atoms with Gasteiger partial charge in [0.15, 0.2) is 6.04 Å². The van der Waals surface area contributed by atoms with Gasteiger partial charge in [-0.15, -0.1) is 13.2 Å². The molecule has 1 fully saturated rings. The number of methoxy groups -OCH3 is 1. The molecule has 27 heavy (non-hydrogen) atoms. The first-order valence-corrected chi connectivity index (χ1v) is 8.83. The van der Waals surface area contributed by atoms with E-state index in [1.54, 1.807) is 26.8 Å². The van der Waals surface area contributed by atoms with Crippen LogP contribution < -0.4 is 5.32 Å². The monoisotopic (exact) mass is 382 g/mol. The van der Waals surface area contributed by atoms with Gasteiger partial charge < -0.3 is 24.4 Å². The number of rotatable bonds is 7. The lowest BCUT2D eigenvalue weighted by Gasteiger charge is -2.41. The summed E-state index contributed by atoms with van der Waals surface area (Å²) >= 11 is 0. The van der Waals surface area contributed by atoms with Gasteiger partial charge in [0.05, 0.1) is 26.4 Å². The van der Waals surface area contributed by atoms with E-state index in [4.69, 9.17) is 14.2 Å². The molecule has 1 N–H and O–H groups in total. The van der Waals surface area contributed by atoms with Crippen molar-refractivity contribution in [2.45, 2.75) is 57.3 Å². The van der Waals surface area contributed by atoms with Gasteiger partial charge in [0.1, 0.15) is 11.6 Å². The first-order valence-electron chi connectivity index (χ1n) is 8.83. The third-order valence-electron chi connectivity index (χ3n) is 3.87. The minimum absolute atomic E-state index is 0.0271. The molecule has 0 aromatic rings. The van der Waals surface area contributed by atoms with Crippen molar-refractivity contribution in [3.05, 3.63) is 25.3 Å². The third kappa shape index (κ3) is 6.71. The molecule has 0 spiro atoms. The first-order chi connectivity index (χ1) is 12.6. The summed E-state index contributed by atoms with van der Waals surface area (Å²) in [4.78, 5) is 38.9. The largest absolute Gasteiger partial charge is 0.467 e. The Kier molecular flexibility index (Phi) is 8.49. The number of nitrogens with zero attached hydrogens (tertiary/aromatic N) is 1. The van der Waals surface area contributed by atoms with E-state index in [1.165, 1.54) is 18.1 Å². The Balaban J connectivity index is 3.08. The summed E-state index contributed by atoms with van der Waals surface area (Å²) in [6.07, 6.45) is 3.08. The zero-order chi connectivity index (χ0) is 20.6. The van der Waals surface area contributed by atoms with Crippen LogP contribution in [0, 0.1) is 0 Å². The number of carbonyl (C=O) groups excluding carboxylic acids is 3. The number of esters is 1. The summed E-state index contributed by atoms with van der Waals surface area (Å²) < 4.78 is 15.5. The topological polar surface area (TPSA) is 94.2 Å². The molecular weight excluding hydrogens is 352 g/mol. The van der Waals surface area contributed by atoms with Crippen LogP contribution in [0.1, 0.15) is 33.6 Å². The second-order valence-corrected chi connectivity index (χ2v) is 7.22.